The summed E-state index contributed by atoms with van der Waals surface area (Å²) < 4.78 is 0. The number of nitrogens with zero attached hydrogens (tertiary/aromatic N) is 2. The van der Waals surface area contributed by atoms with Crippen LogP contribution in [0.15, 0.2) is 29.3 Å². The Bertz CT molecular complexity index is 481. The normalized spacial score (nSPS) is 11.8. The van der Waals surface area contributed by atoms with Crippen molar-refractivity contribution in [1.82, 2.24) is 15.5 Å². The molecule has 0 radical (unpaired) electrons. The van der Waals surface area contributed by atoms with E-state index >= 15 is 0 Å². The zero-order valence-electron chi connectivity index (χ0n) is 16.2. The standard InChI is InChI=1S/C19H34N4O.HI/c1-6-20-19(22-14-17-8-10-18(24)11-9-17)21-12-7-13-23(15(2)3)16(4)5;/h8-11,15-16,24H,6-7,12-14H2,1-5H3,(H2,20,21,22);1H. The van der Waals surface area contributed by atoms with Crippen molar-refractivity contribution in [2.75, 3.05) is 19.6 Å². The largest absolute Gasteiger partial charge is 0.508 e. The van der Waals surface area contributed by atoms with Crippen molar-refractivity contribution in [3.8, 4) is 5.75 Å². The van der Waals surface area contributed by atoms with Crippen LogP contribution in [-0.4, -0.2) is 47.7 Å². The molecule has 1 aromatic rings. The SMILES string of the molecule is CCNC(=NCc1ccc(O)cc1)NCCCN(C(C)C)C(C)C.I. The van der Waals surface area contributed by atoms with Gasteiger partial charge in [0.1, 0.15) is 5.75 Å². The molecule has 0 aliphatic heterocycles. The number of phenols is 1. The van der Waals surface area contributed by atoms with E-state index in [9.17, 15) is 5.11 Å². The molecule has 0 aromatic heterocycles. The minimum atomic E-state index is 0. The molecule has 0 atom stereocenters. The number of phenolic OH excluding ortho intramolecular Hbond substituents is 1. The maximum atomic E-state index is 9.32. The predicted octanol–water partition coefficient (Wildman–Crippen LogP) is 3.57. The fourth-order valence-electron chi connectivity index (χ4n) is 2.69. The van der Waals surface area contributed by atoms with Crippen molar-refractivity contribution in [2.45, 2.75) is 59.7 Å². The molecule has 1 aromatic carbocycles. The molecule has 0 aliphatic carbocycles. The zero-order valence-corrected chi connectivity index (χ0v) is 18.6. The van der Waals surface area contributed by atoms with E-state index in [4.69, 9.17) is 0 Å². The number of guanidine groups is 1. The number of hydrogen-bond acceptors (Lipinski definition) is 3. The Labute approximate surface area is 170 Å². The van der Waals surface area contributed by atoms with Gasteiger partial charge in [0.25, 0.3) is 0 Å². The second-order valence-electron chi connectivity index (χ2n) is 6.57. The molecule has 0 bridgehead atoms. The topological polar surface area (TPSA) is 59.9 Å². The lowest BCUT2D eigenvalue weighted by Gasteiger charge is -2.30. The van der Waals surface area contributed by atoms with E-state index in [0.29, 0.717) is 18.6 Å². The van der Waals surface area contributed by atoms with Gasteiger partial charge in [0.15, 0.2) is 5.96 Å². The fourth-order valence-corrected chi connectivity index (χ4v) is 2.69. The van der Waals surface area contributed by atoms with Gasteiger partial charge in [0, 0.05) is 31.7 Å². The van der Waals surface area contributed by atoms with E-state index in [-0.39, 0.29) is 29.7 Å². The molecule has 0 unspecified atom stereocenters. The van der Waals surface area contributed by atoms with E-state index in [0.717, 1.165) is 37.6 Å². The summed E-state index contributed by atoms with van der Waals surface area (Å²) in [5.41, 5.74) is 1.08. The highest BCUT2D eigenvalue weighted by Gasteiger charge is 2.12. The van der Waals surface area contributed by atoms with Crippen LogP contribution in [0.1, 0.15) is 46.6 Å². The van der Waals surface area contributed by atoms with E-state index in [1.807, 2.05) is 12.1 Å². The molecule has 6 heteroatoms. The van der Waals surface area contributed by atoms with Gasteiger partial charge < -0.3 is 15.7 Å². The van der Waals surface area contributed by atoms with Gasteiger partial charge in [-0.15, -0.1) is 24.0 Å². The maximum absolute atomic E-state index is 9.32. The van der Waals surface area contributed by atoms with Crippen LogP contribution < -0.4 is 10.6 Å². The average molecular weight is 462 g/mol. The van der Waals surface area contributed by atoms with Crippen molar-refractivity contribution in [2.24, 2.45) is 4.99 Å². The van der Waals surface area contributed by atoms with E-state index < -0.39 is 0 Å². The van der Waals surface area contributed by atoms with Gasteiger partial charge >= 0.3 is 0 Å². The first-order chi connectivity index (χ1) is 11.4. The number of aromatic hydroxyl groups is 1. The Morgan fingerprint density at radius 1 is 1.08 bits per heavy atom. The maximum Gasteiger partial charge on any atom is 0.191 e. The summed E-state index contributed by atoms with van der Waals surface area (Å²) in [4.78, 5) is 7.10. The van der Waals surface area contributed by atoms with Crippen LogP contribution in [0.2, 0.25) is 0 Å². The van der Waals surface area contributed by atoms with Crippen molar-refractivity contribution < 1.29 is 5.11 Å². The molecule has 1 rings (SSSR count). The summed E-state index contributed by atoms with van der Waals surface area (Å²) in [5.74, 6) is 1.12. The summed E-state index contributed by atoms with van der Waals surface area (Å²) in [5, 5.41) is 16.0. The second-order valence-corrected chi connectivity index (χ2v) is 6.57. The first-order valence-electron chi connectivity index (χ1n) is 8.99. The minimum Gasteiger partial charge on any atom is -0.508 e. The number of hydrogen-bond donors (Lipinski definition) is 3. The molecule has 0 aliphatic rings. The molecule has 0 saturated carbocycles. The van der Waals surface area contributed by atoms with Gasteiger partial charge in [0.2, 0.25) is 0 Å². The van der Waals surface area contributed by atoms with Crippen LogP contribution in [0.3, 0.4) is 0 Å². The lowest BCUT2D eigenvalue weighted by molar-refractivity contribution is 0.173. The molecule has 3 N–H and O–H groups in total. The molecule has 0 saturated heterocycles. The average Bonchev–Trinajstić information content (AvgIpc) is 2.53. The monoisotopic (exact) mass is 462 g/mol. The Morgan fingerprint density at radius 2 is 1.68 bits per heavy atom. The van der Waals surface area contributed by atoms with Gasteiger partial charge in [-0.25, -0.2) is 4.99 Å². The number of aliphatic imine (C=N–C) groups is 1. The molecular weight excluding hydrogens is 427 g/mol. The molecular formula is C19H35IN4O. The van der Waals surface area contributed by atoms with Crippen LogP contribution in [-0.2, 0) is 6.54 Å². The van der Waals surface area contributed by atoms with Gasteiger partial charge in [-0.1, -0.05) is 12.1 Å². The van der Waals surface area contributed by atoms with Crippen molar-refractivity contribution in [1.29, 1.82) is 0 Å². The quantitative estimate of drug-likeness (QED) is 0.227. The molecule has 0 spiro atoms. The van der Waals surface area contributed by atoms with E-state index in [2.05, 4.69) is 55.1 Å². The molecule has 144 valence electrons. The summed E-state index contributed by atoms with van der Waals surface area (Å²) >= 11 is 0. The van der Waals surface area contributed by atoms with Gasteiger partial charge in [-0.05, 0) is 58.7 Å². The molecule has 25 heavy (non-hydrogen) atoms. The number of nitrogens with one attached hydrogen (secondary N) is 2. The number of benzene rings is 1. The predicted molar refractivity (Wildman–Crippen MR) is 118 cm³/mol. The van der Waals surface area contributed by atoms with E-state index in [1.54, 1.807) is 12.1 Å². The molecule has 5 nitrogen and oxygen atoms in total. The number of rotatable bonds is 9. The summed E-state index contributed by atoms with van der Waals surface area (Å²) in [6, 6.07) is 8.31. The number of halogens is 1. The van der Waals surface area contributed by atoms with Gasteiger partial charge in [0.05, 0.1) is 6.54 Å². The van der Waals surface area contributed by atoms with Crippen molar-refractivity contribution >= 4 is 29.9 Å². The summed E-state index contributed by atoms with van der Waals surface area (Å²) in [7, 11) is 0. The van der Waals surface area contributed by atoms with Crippen LogP contribution in [0.25, 0.3) is 0 Å². The first-order valence-corrected chi connectivity index (χ1v) is 8.99. The van der Waals surface area contributed by atoms with Crippen LogP contribution >= 0.6 is 24.0 Å². The molecule has 0 heterocycles. The Morgan fingerprint density at radius 3 is 2.20 bits per heavy atom. The van der Waals surface area contributed by atoms with Crippen LogP contribution in [0.4, 0.5) is 0 Å². The highest BCUT2D eigenvalue weighted by Crippen LogP contribution is 2.10. The highest BCUT2D eigenvalue weighted by atomic mass is 127. The van der Waals surface area contributed by atoms with E-state index in [1.165, 1.54) is 0 Å². The summed E-state index contributed by atoms with van der Waals surface area (Å²) in [6.45, 7) is 14.5. The lowest BCUT2D eigenvalue weighted by Crippen LogP contribution is -2.41. The highest BCUT2D eigenvalue weighted by molar-refractivity contribution is 14.0. The summed E-state index contributed by atoms with van der Waals surface area (Å²) in [6.07, 6.45) is 1.08. The third-order valence-corrected chi connectivity index (χ3v) is 3.91. The Balaban J connectivity index is 0.00000576. The Kier molecular flexibility index (Phi) is 12.7. The first kappa shape index (κ1) is 24.0. The third kappa shape index (κ3) is 9.89. The smallest absolute Gasteiger partial charge is 0.191 e. The van der Waals surface area contributed by atoms with Crippen molar-refractivity contribution in [3.05, 3.63) is 29.8 Å². The minimum absolute atomic E-state index is 0. The Hall–Kier alpha value is -1.02. The molecule has 0 amide bonds. The fraction of sp³-hybridized carbons (Fsp3) is 0.632. The lowest BCUT2D eigenvalue weighted by atomic mass is 10.2. The van der Waals surface area contributed by atoms with Gasteiger partial charge in [-0.3, -0.25) is 4.90 Å². The van der Waals surface area contributed by atoms with Crippen LogP contribution in [0, 0.1) is 0 Å². The van der Waals surface area contributed by atoms with Gasteiger partial charge in [-0.2, -0.15) is 0 Å². The van der Waals surface area contributed by atoms with Crippen molar-refractivity contribution in [3.63, 3.8) is 0 Å². The van der Waals surface area contributed by atoms with Crippen LogP contribution in [0.5, 0.6) is 5.75 Å². The zero-order chi connectivity index (χ0) is 17.9. The molecule has 0 fully saturated rings. The third-order valence-electron chi connectivity index (χ3n) is 3.91. The second kappa shape index (κ2) is 13.2.